The molecular weight excluding hydrogens is 252 g/mol. The summed E-state index contributed by atoms with van der Waals surface area (Å²) in [6, 6.07) is 0.203. The normalized spacial score (nSPS) is 17.1. The van der Waals surface area contributed by atoms with Crippen LogP contribution >= 0.6 is 22.9 Å². The summed E-state index contributed by atoms with van der Waals surface area (Å²) in [4.78, 5) is 10.1. The minimum atomic E-state index is 0.203. The maximum atomic E-state index is 4.52. The zero-order valence-electron chi connectivity index (χ0n) is 9.80. The van der Waals surface area contributed by atoms with Gasteiger partial charge in [0.15, 0.2) is 0 Å². The molecule has 2 aromatic heterocycles. The van der Waals surface area contributed by atoms with Gasteiger partial charge >= 0.3 is 0 Å². The summed E-state index contributed by atoms with van der Waals surface area (Å²) in [6.07, 6.45) is 4.41. The van der Waals surface area contributed by atoms with Crippen LogP contribution in [-0.2, 0) is 0 Å². The molecule has 1 saturated carbocycles. The Hall–Kier alpha value is -1.01. The van der Waals surface area contributed by atoms with Crippen molar-refractivity contribution in [3.63, 3.8) is 0 Å². The summed E-state index contributed by atoms with van der Waals surface area (Å²) in [7, 11) is 0. The fourth-order valence-corrected chi connectivity index (χ4v) is 3.13. The van der Waals surface area contributed by atoms with Crippen LogP contribution in [0.3, 0.4) is 0 Å². The van der Waals surface area contributed by atoms with Crippen LogP contribution < -0.4 is 5.32 Å². The molecular formula is C11H14N4S2. The summed E-state index contributed by atoms with van der Waals surface area (Å²) in [5.41, 5.74) is 0. The molecule has 0 aliphatic heterocycles. The SMILES string of the molecule is Cc1cnc(C(C)Nc2nc(C3CC3)ns2)s1. The lowest BCUT2D eigenvalue weighted by molar-refractivity contribution is 0.862. The summed E-state index contributed by atoms with van der Waals surface area (Å²) >= 11 is 3.18. The van der Waals surface area contributed by atoms with Crippen molar-refractivity contribution in [2.24, 2.45) is 0 Å². The second-order valence-corrected chi connectivity index (χ2v) is 6.43. The van der Waals surface area contributed by atoms with E-state index in [1.807, 2.05) is 6.20 Å². The van der Waals surface area contributed by atoms with E-state index in [9.17, 15) is 0 Å². The predicted octanol–water partition coefficient (Wildman–Crippen LogP) is 3.35. The van der Waals surface area contributed by atoms with E-state index in [-0.39, 0.29) is 6.04 Å². The molecule has 17 heavy (non-hydrogen) atoms. The van der Waals surface area contributed by atoms with Gasteiger partial charge in [0.05, 0.1) is 6.04 Å². The van der Waals surface area contributed by atoms with Gasteiger partial charge in [-0.3, -0.25) is 0 Å². The molecule has 0 saturated heterocycles. The summed E-state index contributed by atoms with van der Waals surface area (Å²) < 4.78 is 4.38. The van der Waals surface area contributed by atoms with E-state index in [4.69, 9.17) is 0 Å². The number of nitrogens with one attached hydrogen (secondary N) is 1. The largest absolute Gasteiger partial charge is 0.351 e. The zero-order chi connectivity index (χ0) is 11.8. The van der Waals surface area contributed by atoms with Crippen molar-refractivity contribution in [1.29, 1.82) is 0 Å². The standard InChI is InChI=1S/C11H14N4S2/c1-6-5-12-10(16-6)7(2)13-11-14-9(15-17-11)8-3-4-8/h5,7-8H,3-4H2,1-2H3,(H,13,14,15). The average molecular weight is 266 g/mol. The fourth-order valence-electron chi connectivity index (χ4n) is 1.62. The van der Waals surface area contributed by atoms with E-state index in [1.165, 1.54) is 29.3 Å². The van der Waals surface area contributed by atoms with Crippen LogP contribution in [0.15, 0.2) is 6.20 Å². The highest BCUT2D eigenvalue weighted by atomic mass is 32.1. The first-order valence-corrected chi connectivity index (χ1v) is 7.34. The van der Waals surface area contributed by atoms with Crippen LogP contribution in [0.5, 0.6) is 0 Å². The number of anilines is 1. The smallest absolute Gasteiger partial charge is 0.203 e. The third-order valence-corrected chi connectivity index (χ3v) is 4.49. The molecule has 1 N–H and O–H groups in total. The van der Waals surface area contributed by atoms with Gasteiger partial charge < -0.3 is 5.32 Å². The Morgan fingerprint density at radius 2 is 2.29 bits per heavy atom. The number of hydrogen-bond donors (Lipinski definition) is 1. The van der Waals surface area contributed by atoms with Gasteiger partial charge in [0.2, 0.25) is 5.13 Å². The van der Waals surface area contributed by atoms with Crippen molar-refractivity contribution >= 4 is 28.0 Å². The molecule has 6 heteroatoms. The van der Waals surface area contributed by atoms with Crippen molar-refractivity contribution in [3.05, 3.63) is 21.9 Å². The van der Waals surface area contributed by atoms with Crippen molar-refractivity contribution in [2.45, 2.75) is 38.6 Å². The van der Waals surface area contributed by atoms with Crippen LogP contribution in [0.4, 0.5) is 5.13 Å². The number of aromatic nitrogens is 3. The summed E-state index contributed by atoms with van der Waals surface area (Å²) in [6.45, 7) is 4.18. The monoisotopic (exact) mass is 266 g/mol. The molecule has 1 atom stereocenters. The second kappa shape index (κ2) is 4.34. The highest BCUT2D eigenvalue weighted by Crippen LogP contribution is 2.39. The Morgan fingerprint density at radius 3 is 2.94 bits per heavy atom. The summed E-state index contributed by atoms with van der Waals surface area (Å²) in [5.74, 6) is 1.64. The molecule has 3 rings (SSSR count). The van der Waals surface area contributed by atoms with E-state index in [0.29, 0.717) is 5.92 Å². The minimum Gasteiger partial charge on any atom is -0.351 e. The van der Waals surface area contributed by atoms with Crippen LogP contribution in [0, 0.1) is 6.92 Å². The number of aryl methyl sites for hydroxylation is 1. The van der Waals surface area contributed by atoms with Crippen molar-refractivity contribution in [2.75, 3.05) is 5.32 Å². The molecule has 0 radical (unpaired) electrons. The number of nitrogens with zero attached hydrogens (tertiary/aromatic N) is 3. The van der Waals surface area contributed by atoms with Gasteiger partial charge in [-0.05, 0) is 26.7 Å². The first kappa shape index (κ1) is 11.1. The Labute approximate surface area is 108 Å². The lowest BCUT2D eigenvalue weighted by Crippen LogP contribution is -2.05. The fraction of sp³-hybridized carbons (Fsp3) is 0.545. The Kier molecular flexibility index (Phi) is 2.84. The van der Waals surface area contributed by atoms with E-state index in [1.54, 1.807) is 11.3 Å². The molecule has 1 aliphatic rings. The topological polar surface area (TPSA) is 50.7 Å². The third-order valence-electron chi connectivity index (χ3n) is 2.73. The van der Waals surface area contributed by atoms with Crippen molar-refractivity contribution in [3.8, 4) is 0 Å². The van der Waals surface area contributed by atoms with Gasteiger partial charge in [-0.15, -0.1) is 11.3 Å². The summed E-state index contributed by atoms with van der Waals surface area (Å²) in [5, 5.41) is 5.38. The van der Waals surface area contributed by atoms with E-state index >= 15 is 0 Å². The van der Waals surface area contributed by atoms with Gasteiger partial charge in [0.25, 0.3) is 0 Å². The van der Waals surface area contributed by atoms with Crippen molar-refractivity contribution in [1.82, 2.24) is 14.3 Å². The number of thiazole rings is 1. The molecule has 0 amide bonds. The van der Waals surface area contributed by atoms with Gasteiger partial charge in [-0.25, -0.2) is 9.97 Å². The van der Waals surface area contributed by atoms with Crippen LogP contribution in [0.2, 0.25) is 0 Å². The maximum absolute atomic E-state index is 4.52. The molecule has 0 spiro atoms. The predicted molar refractivity (Wildman–Crippen MR) is 70.8 cm³/mol. The van der Waals surface area contributed by atoms with Gasteiger partial charge in [0, 0.05) is 28.5 Å². The van der Waals surface area contributed by atoms with Gasteiger partial charge in [0.1, 0.15) is 10.8 Å². The Balaban J connectivity index is 1.68. The van der Waals surface area contributed by atoms with E-state index in [2.05, 4.69) is 33.5 Å². The molecule has 1 unspecified atom stereocenters. The lowest BCUT2D eigenvalue weighted by Gasteiger charge is -2.08. The first-order chi connectivity index (χ1) is 8.22. The quantitative estimate of drug-likeness (QED) is 0.922. The maximum Gasteiger partial charge on any atom is 0.203 e. The highest BCUT2D eigenvalue weighted by Gasteiger charge is 2.28. The number of hydrogen-bond acceptors (Lipinski definition) is 6. The minimum absolute atomic E-state index is 0.203. The van der Waals surface area contributed by atoms with Gasteiger partial charge in [-0.2, -0.15) is 4.37 Å². The Morgan fingerprint density at radius 1 is 1.47 bits per heavy atom. The zero-order valence-corrected chi connectivity index (χ0v) is 11.4. The Bertz CT molecular complexity index is 515. The molecule has 90 valence electrons. The van der Waals surface area contributed by atoms with Crippen molar-refractivity contribution < 1.29 is 0 Å². The highest BCUT2D eigenvalue weighted by molar-refractivity contribution is 7.11. The molecule has 2 aromatic rings. The third kappa shape index (κ3) is 2.47. The van der Waals surface area contributed by atoms with E-state index in [0.717, 1.165) is 16.0 Å². The molecule has 1 aliphatic carbocycles. The molecule has 4 nitrogen and oxygen atoms in total. The first-order valence-electron chi connectivity index (χ1n) is 5.75. The average Bonchev–Trinajstić information content (AvgIpc) is 2.90. The van der Waals surface area contributed by atoms with Crippen LogP contribution in [0.25, 0.3) is 0 Å². The molecule has 0 aromatic carbocycles. The molecule has 0 bridgehead atoms. The second-order valence-electron chi connectivity index (χ2n) is 4.41. The lowest BCUT2D eigenvalue weighted by atomic mass is 10.4. The van der Waals surface area contributed by atoms with Crippen LogP contribution in [-0.4, -0.2) is 14.3 Å². The number of rotatable bonds is 4. The van der Waals surface area contributed by atoms with E-state index < -0.39 is 0 Å². The van der Waals surface area contributed by atoms with Crippen LogP contribution in [0.1, 0.15) is 47.4 Å². The molecule has 2 heterocycles. The van der Waals surface area contributed by atoms with Gasteiger partial charge in [-0.1, -0.05) is 0 Å². The molecule has 1 fully saturated rings.